The Kier molecular flexibility index (Phi) is 50.5. The van der Waals surface area contributed by atoms with Crippen molar-refractivity contribution in [2.45, 2.75) is 372 Å². The summed E-state index contributed by atoms with van der Waals surface area (Å²) < 4.78 is 17.6. The zero-order valence-electron chi connectivity index (χ0n) is 49.2. The van der Waals surface area contributed by atoms with Gasteiger partial charge in [-0.1, -0.05) is 303 Å². The number of hydrogen-bond acceptors (Lipinski definition) is 10. The van der Waals surface area contributed by atoms with Gasteiger partial charge in [0.1, 0.15) is 24.4 Å². The Morgan fingerprint density at radius 2 is 0.867 bits per heavy atom. The molecule has 0 aromatic carbocycles. The molecule has 8 atom stereocenters. The summed E-state index contributed by atoms with van der Waals surface area (Å²) >= 11 is 0. The standard InChI is InChI=1S/C64H123NO10/c1-4-7-10-13-16-19-22-23-24-25-26-27-28-29-30-31-32-33-34-35-37-40-43-46-49-52-59(69)75-62-61(71)60(70)58(53-66)74-64(62)73-54-55(56(67)50-47-44-41-39-36-20-17-14-11-8-5-2)65-63(72)57(68)51-48-45-42-38-21-18-15-12-9-6-3/h47,50,55-58,60-62,64,66-68,70-71H,4-46,48-49,51-54H2,1-3H3,(H,65,72)/b50-47+. The summed E-state index contributed by atoms with van der Waals surface area (Å²) in [6.07, 6.45) is 49.9. The number of carbonyl (C=O) groups is 2. The molecule has 0 spiro atoms. The van der Waals surface area contributed by atoms with E-state index in [1.165, 1.54) is 218 Å². The predicted molar refractivity (Wildman–Crippen MR) is 311 cm³/mol. The molecule has 1 aliphatic rings. The Bertz CT molecular complexity index is 1270. The van der Waals surface area contributed by atoms with Gasteiger partial charge in [0, 0.05) is 6.42 Å². The minimum absolute atomic E-state index is 0.132. The molecule has 0 bridgehead atoms. The zero-order valence-corrected chi connectivity index (χ0v) is 49.2. The van der Waals surface area contributed by atoms with E-state index in [1.807, 2.05) is 6.08 Å². The summed E-state index contributed by atoms with van der Waals surface area (Å²) in [5, 5.41) is 56.8. The van der Waals surface area contributed by atoms with Crippen LogP contribution in [0.4, 0.5) is 0 Å². The minimum atomic E-state index is -1.61. The number of unbranched alkanes of at least 4 members (excludes halogenated alkanes) is 42. The molecule has 0 saturated carbocycles. The number of carbonyl (C=O) groups excluding carboxylic acids is 2. The number of ether oxygens (including phenoxy) is 3. The topological polar surface area (TPSA) is 175 Å². The van der Waals surface area contributed by atoms with Crippen LogP contribution in [0.2, 0.25) is 0 Å². The van der Waals surface area contributed by atoms with Crippen LogP contribution in [0.1, 0.15) is 323 Å². The maximum Gasteiger partial charge on any atom is 0.306 e. The average molecular weight is 1070 g/mol. The Morgan fingerprint density at radius 1 is 0.507 bits per heavy atom. The SMILES string of the molecule is CCCCCCCCCCC/C=C/C(O)C(COC1OC(CO)C(O)C(O)C1OC(=O)CCCCCCCCCCCCCCCCCCCCCCCCCCC)NC(=O)C(O)CCCCCCCCCCCC. The quantitative estimate of drug-likeness (QED) is 0.0195. The van der Waals surface area contributed by atoms with Gasteiger partial charge in [-0.15, -0.1) is 0 Å². The minimum Gasteiger partial charge on any atom is -0.454 e. The van der Waals surface area contributed by atoms with Crippen molar-refractivity contribution in [1.29, 1.82) is 0 Å². The van der Waals surface area contributed by atoms with Crippen molar-refractivity contribution < 1.29 is 49.3 Å². The van der Waals surface area contributed by atoms with Crippen molar-refractivity contribution in [3.05, 3.63) is 12.2 Å². The molecule has 6 N–H and O–H groups in total. The smallest absolute Gasteiger partial charge is 0.306 e. The number of rotatable bonds is 56. The highest BCUT2D eigenvalue weighted by Crippen LogP contribution is 2.26. The van der Waals surface area contributed by atoms with Crippen LogP contribution in [0.25, 0.3) is 0 Å². The molecule has 1 amide bonds. The van der Waals surface area contributed by atoms with E-state index in [1.54, 1.807) is 6.08 Å². The molecule has 0 radical (unpaired) electrons. The lowest BCUT2D eigenvalue weighted by molar-refractivity contribution is -0.305. The largest absolute Gasteiger partial charge is 0.454 e. The van der Waals surface area contributed by atoms with E-state index in [9.17, 15) is 35.1 Å². The first-order valence-electron chi connectivity index (χ1n) is 32.5. The van der Waals surface area contributed by atoms with Crippen LogP contribution in [-0.2, 0) is 23.8 Å². The molecule has 1 heterocycles. The van der Waals surface area contributed by atoms with Crippen molar-refractivity contribution in [1.82, 2.24) is 5.32 Å². The summed E-state index contributed by atoms with van der Waals surface area (Å²) in [6, 6.07) is -1.01. The van der Waals surface area contributed by atoms with E-state index < -0.39 is 67.4 Å². The molecule has 75 heavy (non-hydrogen) atoms. The van der Waals surface area contributed by atoms with Gasteiger partial charge in [0.05, 0.1) is 25.4 Å². The van der Waals surface area contributed by atoms with E-state index in [0.717, 1.165) is 57.8 Å². The fourth-order valence-electron chi connectivity index (χ4n) is 10.5. The first-order chi connectivity index (χ1) is 36.7. The molecule has 1 fully saturated rings. The second kappa shape index (κ2) is 53.1. The van der Waals surface area contributed by atoms with Crippen LogP contribution >= 0.6 is 0 Å². The van der Waals surface area contributed by atoms with Crippen molar-refractivity contribution in [2.75, 3.05) is 13.2 Å². The number of hydrogen-bond donors (Lipinski definition) is 6. The van der Waals surface area contributed by atoms with Crippen LogP contribution < -0.4 is 5.32 Å². The number of allylic oxidation sites excluding steroid dienone is 1. The summed E-state index contributed by atoms with van der Waals surface area (Å²) in [4.78, 5) is 26.5. The number of aliphatic hydroxyl groups excluding tert-OH is 5. The summed E-state index contributed by atoms with van der Waals surface area (Å²) in [5.74, 6) is -1.18. The van der Waals surface area contributed by atoms with Crippen LogP contribution in [0.5, 0.6) is 0 Å². The van der Waals surface area contributed by atoms with E-state index in [4.69, 9.17) is 14.2 Å². The maximum atomic E-state index is 13.3. The van der Waals surface area contributed by atoms with Crippen LogP contribution in [0.3, 0.4) is 0 Å². The molecule has 1 aliphatic heterocycles. The number of amides is 1. The third kappa shape index (κ3) is 41.1. The van der Waals surface area contributed by atoms with Crippen LogP contribution in [-0.4, -0.2) is 99.6 Å². The third-order valence-corrected chi connectivity index (χ3v) is 15.7. The van der Waals surface area contributed by atoms with Gasteiger partial charge in [-0.2, -0.15) is 0 Å². The van der Waals surface area contributed by atoms with E-state index >= 15 is 0 Å². The molecule has 0 aromatic rings. The van der Waals surface area contributed by atoms with Gasteiger partial charge in [0.15, 0.2) is 12.4 Å². The number of esters is 1. The molecule has 0 aliphatic carbocycles. The predicted octanol–water partition coefficient (Wildman–Crippen LogP) is 15.5. The Balaban J connectivity index is 2.52. The molecular formula is C64H123NO10. The molecular weight excluding hydrogens is 943 g/mol. The van der Waals surface area contributed by atoms with E-state index in [-0.39, 0.29) is 13.0 Å². The molecule has 11 nitrogen and oxygen atoms in total. The van der Waals surface area contributed by atoms with Crippen LogP contribution in [0.15, 0.2) is 12.2 Å². The van der Waals surface area contributed by atoms with Gasteiger partial charge in [0.25, 0.3) is 0 Å². The molecule has 8 unspecified atom stereocenters. The first-order valence-corrected chi connectivity index (χ1v) is 32.5. The monoisotopic (exact) mass is 1070 g/mol. The van der Waals surface area contributed by atoms with Crippen molar-refractivity contribution in [2.24, 2.45) is 0 Å². The molecule has 444 valence electrons. The van der Waals surface area contributed by atoms with Gasteiger partial charge >= 0.3 is 5.97 Å². The first kappa shape index (κ1) is 71.4. The van der Waals surface area contributed by atoms with Crippen LogP contribution in [0, 0.1) is 0 Å². The second-order valence-electron chi connectivity index (χ2n) is 22.9. The Morgan fingerprint density at radius 3 is 1.25 bits per heavy atom. The summed E-state index contributed by atoms with van der Waals surface area (Å²) in [6.45, 7) is 5.80. The molecule has 1 saturated heterocycles. The third-order valence-electron chi connectivity index (χ3n) is 15.7. The highest BCUT2D eigenvalue weighted by molar-refractivity contribution is 5.80. The zero-order chi connectivity index (χ0) is 54.7. The van der Waals surface area contributed by atoms with Gasteiger partial charge < -0.3 is 45.1 Å². The average Bonchev–Trinajstić information content (AvgIpc) is 3.41. The highest BCUT2D eigenvalue weighted by Gasteiger charge is 2.47. The van der Waals surface area contributed by atoms with Gasteiger partial charge in [-0.05, 0) is 25.7 Å². The normalized spacial score (nSPS) is 19.2. The maximum absolute atomic E-state index is 13.3. The number of aliphatic hydroxyl groups is 5. The molecule has 1 rings (SSSR count). The van der Waals surface area contributed by atoms with Crippen molar-refractivity contribution >= 4 is 11.9 Å². The highest BCUT2D eigenvalue weighted by atomic mass is 16.7. The molecule has 0 aromatic heterocycles. The Labute approximate surface area is 461 Å². The lowest BCUT2D eigenvalue weighted by Gasteiger charge is -2.41. The van der Waals surface area contributed by atoms with Gasteiger partial charge in [0.2, 0.25) is 5.91 Å². The lowest BCUT2D eigenvalue weighted by atomic mass is 9.99. The van der Waals surface area contributed by atoms with Gasteiger partial charge in [-0.25, -0.2) is 0 Å². The van der Waals surface area contributed by atoms with E-state index in [2.05, 4.69) is 26.1 Å². The van der Waals surface area contributed by atoms with Gasteiger partial charge in [-0.3, -0.25) is 9.59 Å². The lowest BCUT2D eigenvalue weighted by Crippen LogP contribution is -2.61. The second-order valence-corrected chi connectivity index (χ2v) is 22.9. The Hall–Kier alpha value is -1.60. The van der Waals surface area contributed by atoms with Crippen molar-refractivity contribution in [3.63, 3.8) is 0 Å². The number of nitrogens with one attached hydrogen (secondary N) is 1. The summed E-state index contributed by atoms with van der Waals surface area (Å²) in [5.41, 5.74) is 0. The fourth-order valence-corrected chi connectivity index (χ4v) is 10.5. The fraction of sp³-hybridized carbons (Fsp3) is 0.938. The van der Waals surface area contributed by atoms with E-state index in [0.29, 0.717) is 19.3 Å². The summed E-state index contributed by atoms with van der Waals surface area (Å²) in [7, 11) is 0. The van der Waals surface area contributed by atoms with Crippen molar-refractivity contribution in [3.8, 4) is 0 Å². The molecule has 11 heteroatoms.